The molecule has 0 amide bonds. The van der Waals surface area contributed by atoms with Crippen LogP contribution in [0.25, 0.3) is 0 Å². The average molecular weight is 264 g/mol. The summed E-state index contributed by atoms with van der Waals surface area (Å²) in [7, 11) is 0. The summed E-state index contributed by atoms with van der Waals surface area (Å²) in [6, 6.07) is 2.56. The second kappa shape index (κ2) is 5.10. The Morgan fingerprint density at radius 1 is 1.62 bits per heavy atom. The summed E-state index contributed by atoms with van der Waals surface area (Å²) in [6.45, 7) is 4.25. The highest BCUT2D eigenvalue weighted by atomic mass is 79.9. The smallest absolute Gasteiger partial charge is 0.0582 e. The zero-order valence-electron chi connectivity index (χ0n) is 7.75. The first-order valence-corrected chi connectivity index (χ1v) is 5.91. The Morgan fingerprint density at radius 2 is 2.31 bits per heavy atom. The number of rotatable bonds is 4. The predicted octanol–water partition coefficient (Wildman–Crippen LogP) is 2.54. The molecule has 0 aliphatic rings. The molecule has 2 N–H and O–H groups in total. The van der Waals surface area contributed by atoms with Crippen molar-refractivity contribution >= 4 is 27.3 Å². The molecule has 74 valence electrons. The zero-order chi connectivity index (χ0) is 9.84. The lowest BCUT2D eigenvalue weighted by Gasteiger charge is -2.16. The summed E-state index contributed by atoms with van der Waals surface area (Å²) in [5, 5.41) is 14.2. The van der Waals surface area contributed by atoms with Crippen molar-refractivity contribution in [2.45, 2.75) is 25.9 Å². The number of halogens is 1. The molecule has 1 heterocycles. The molecular formula is C9H14BrNOS. The maximum absolute atomic E-state index is 8.87. The molecule has 0 aliphatic heterocycles. The van der Waals surface area contributed by atoms with E-state index in [9.17, 15) is 0 Å². The zero-order valence-corrected chi connectivity index (χ0v) is 10.2. The molecule has 0 radical (unpaired) electrons. The maximum Gasteiger partial charge on any atom is 0.0582 e. The van der Waals surface area contributed by atoms with Gasteiger partial charge in [-0.2, -0.15) is 0 Å². The van der Waals surface area contributed by atoms with Gasteiger partial charge in [0.2, 0.25) is 0 Å². The van der Waals surface area contributed by atoms with Gasteiger partial charge in [0.25, 0.3) is 0 Å². The predicted molar refractivity (Wildman–Crippen MR) is 60.1 cm³/mol. The molecule has 0 saturated carbocycles. The second-order valence-corrected chi connectivity index (χ2v) is 5.00. The minimum Gasteiger partial charge on any atom is -0.395 e. The number of aliphatic hydroxyl groups excluding tert-OH is 1. The fourth-order valence-electron chi connectivity index (χ4n) is 1.12. The van der Waals surface area contributed by atoms with Gasteiger partial charge in [0.1, 0.15) is 0 Å². The monoisotopic (exact) mass is 263 g/mol. The summed E-state index contributed by atoms with van der Waals surface area (Å²) < 4.78 is 1.12. The van der Waals surface area contributed by atoms with Crippen molar-refractivity contribution in [3.8, 4) is 0 Å². The average Bonchev–Trinajstić information content (AvgIpc) is 2.51. The Hall–Kier alpha value is 0.1000. The number of nitrogens with one attached hydrogen (secondary N) is 1. The van der Waals surface area contributed by atoms with Crippen LogP contribution in [0.2, 0.25) is 0 Å². The molecule has 1 rings (SSSR count). The molecule has 1 aromatic heterocycles. The van der Waals surface area contributed by atoms with Crippen LogP contribution in [0.3, 0.4) is 0 Å². The number of hydrogen-bond acceptors (Lipinski definition) is 3. The Balaban J connectivity index is 2.53. The lowest BCUT2D eigenvalue weighted by atomic mass is 10.2. The second-order valence-electron chi connectivity index (χ2n) is 3.14. The van der Waals surface area contributed by atoms with Crippen LogP contribution in [0.5, 0.6) is 0 Å². The minimum absolute atomic E-state index is 0.149. The van der Waals surface area contributed by atoms with E-state index in [0.29, 0.717) is 6.04 Å². The van der Waals surface area contributed by atoms with Crippen LogP contribution in [-0.2, 0) is 0 Å². The molecule has 2 nitrogen and oxygen atoms in total. The van der Waals surface area contributed by atoms with Crippen molar-refractivity contribution in [3.05, 3.63) is 20.8 Å². The minimum atomic E-state index is 0.149. The molecule has 4 heteroatoms. The largest absolute Gasteiger partial charge is 0.395 e. The van der Waals surface area contributed by atoms with E-state index in [1.54, 1.807) is 11.3 Å². The first-order chi connectivity index (χ1) is 6.13. The van der Waals surface area contributed by atoms with E-state index >= 15 is 0 Å². The molecule has 1 aromatic rings. The summed E-state index contributed by atoms with van der Waals surface area (Å²) in [5.74, 6) is 0. The first kappa shape index (κ1) is 11.2. The quantitative estimate of drug-likeness (QED) is 0.876. The van der Waals surface area contributed by atoms with Gasteiger partial charge in [0, 0.05) is 26.8 Å². The third-order valence-electron chi connectivity index (χ3n) is 1.82. The van der Waals surface area contributed by atoms with Crippen LogP contribution < -0.4 is 5.32 Å². The van der Waals surface area contributed by atoms with E-state index in [4.69, 9.17) is 5.11 Å². The molecule has 0 aliphatic carbocycles. The van der Waals surface area contributed by atoms with Gasteiger partial charge in [-0.05, 0) is 35.8 Å². The van der Waals surface area contributed by atoms with Crippen LogP contribution in [0.4, 0.5) is 0 Å². The third-order valence-corrected chi connectivity index (χ3v) is 3.70. The Morgan fingerprint density at radius 3 is 2.77 bits per heavy atom. The third kappa shape index (κ3) is 3.38. The Kier molecular flexibility index (Phi) is 4.38. The van der Waals surface area contributed by atoms with E-state index in [1.165, 1.54) is 4.88 Å². The fraction of sp³-hybridized carbons (Fsp3) is 0.556. The van der Waals surface area contributed by atoms with E-state index in [-0.39, 0.29) is 12.6 Å². The summed E-state index contributed by atoms with van der Waals surface area (Å²) >= 11 is 5.14. The van der Waals surface area contributed by atoms with Gasteiger partial charge in [0.05, 0.1) is 6.61 Å². The molecule has 0 fully saturated rings. The van der Waals surface area contributed by atoms with Gasteiger partial charge in [0.15, 0.2) is 0 Å². The maximum atomic E-state index is 8.87. The number of thiophene rings is 1. The van der Waals surface area contributed by atoms with Gasteiger partial charge in [-0.15, -0.1) is 11.3 Å². The van der Waals surface area contributed by atoms with Crippen LogP contribution in [0.1, 0.15) is 24.8 Å². The van der Waals surface area contributed by atoms with E-state index in [2.05, 4.69) is 39.6 Å². The number of aliphatic hydroxyl groups is 1. The van der Waals surface area contributed by atoms with Crippen LogP contribution in [0, 0.1) is 0 Å². The summed E-state index contributed by atoms with van der Waals surface area (Å²) in [6.07, 6.45) is 0. The fourth-order valence-corrected chi connectivity index (χ4v) is 2.58. The SMILES string of the molecule is CC(CO)NC(C)c1cc(Br)cs1. The van der Waals surface area contributed by atoms with Gasteiger partial charge in [-0.25, -0.2) is 0 Å². The summed E-state index contributed by atoms with van der Waals surface area (Å²) in [5.41, 5.74) is 0. The van der Waals surface area contributed by atoms with Gasteiger partial charge in [-0.1, -0.05) is 0 Å². The van der Waals surface area contributed by atoms with Gasteiger partial charge in [-0.3, -0.25) is 0 Å². The summed E-state index contributed by atoms with van der Waals surface area (Å²) in [4.78, 5) is 1.28. The molecular weight excluding hydrogens is 250 g/mol. The molecule has 0 aromatic carbocycles. The van der Waals surface area contributed by atoms with E-state index in [1.807, 2.05) is 6.92 Å². The van der Waals surface area contributed by atoms with Crippen LogP contribution >= 0.6 is 27.3 Å². The standard InChI is InChI=1S/C9H14BrNOS/c1-6(4-12)11-7(2)9-3-8(10)5-13-9/h3,5-7,11-12H,4H2,1-2H3. The first-order valence-electron chi connectivity index (χ1n) is 4.24. The number of hydrogen-bond donors (Lipinski definition) is 2. The lowest BCUT2D eigenvalue weighted by molar-refractivity contribution is 0.243. The van der Waals surface area contributed by atoms with Crippen molar-refractivity contribution < 1.29 is 5.11 Å². The van der Waals surface area contributed by atoms with Gasteiger partial charge < -0.3 is 10.4 Å². The molecule has 0 spiro atoms. The van der Waals surface area contributed by atoms with E-state index in [0.717, 1.165) is 4.47 Å². The van der Waals surface area contributed by atoms with Crippen molar-refractivity contribution in [2.24, 2.45) is 0 Å². The Bertz CT molecular complexity index is 264. The van der Waals surface area contributed by atoms with Crippen LogP contribution in [-0.4, -0.2) is 17.8 Å². The van der Waals surface area contributed by atoms with Gasteiger partial charge >= 0.3 is 0 Å². The molecule has 0 saturated heterocycles. The van der Waals surface area contributed by atoms with Crippen molar-refractivity contribution in [2.75, 3.05) is 6.61 Å². The normalized spacial score (nSPS) is 15.7. The van der Waals surface area contributed by atoms with Crippen LogP contribution in [0.15, 0.2) is 15.9 Å². The Labute approximate surface area is 91.1 Å². The topological polar surface area (TPSA) is 32.3 Å². The lowest BCUT2D eigenvalue weighted by Crippen LogP contribution is -2.31. The highest BCUT2D eigenvalue weighted by molar-refractivity contribution is 9.10. The van der Waals surface area contributed by atoms with E-state index < -0.39 is 0 Å². The molecule has 13 heavy (non-hydrogen) atoms. The van der Waals surface area contributed by atoms with Crippen molar-refractivity contribution in [3.63, 3.8) is 0 Å². The highest BCUT2D eigenvalue weighted by Gasteiger charge is 2.10. The molecule has 0 bridgehead atoms. The molecule has 2 unspecified atom stereocenters. The highest BCUT2D eigenvalue weighted by Crippen LogP contribution is 2.25. The van der Waals surface area contributed by atoms with Crippen molar-refractivity contribution in [1.82, 2.24) is 5.32 Å². The molecule has 2 atom stereocenters. The van der Waals surface area contributed by atoms with Crippen molar-refractivity contribution in [1.29, 1.82) is 0 Å².